The van der Waals surface area contributed by atoms with Gasteiger partial charge in [-0.2, -0.15) is 0 Å². The summed E-state index contributed by atoms with van der Waals surface area (Å²) in [5, 5.41) is 14.1. The third kappa shape index (κ3) is 4.43. The normalized spacial score (nSPS) is 21.6. The lowest BCUT2D eigenvalue weighted by Crippen LogP contribution is -2.38. The van der Waals surface area contributed by atoms with E-state index in [-0.39, 0.29) is 23.6 Å². The minimum atomic E-state index is -2.96. The first-order chi connectivity index (χ1) is 17.5. The second-order valence-electron chi connectivity index (χ2n) is 10.5. The number of alkyl halides is 3. The van der Waals surface area contributed by atoms with E-state index in [0.717, 1.165) is 6.07 Å². The summed E-state index contributed by atoms with van der Waals surface area (Å²) in [4.78, 5) is 24.5. The van der Waals surface area contributed by atoms with Gasteiger partial charge in [-0.3, -0.25) is 4.79 Å². The lowest BCUT2D eigenvalue weighted by molar-refractivity contribution is 0.0839. The Hall–Kier alpha value is -3.21. The van der Waals surface area contributed by atoms with Crippen molar-refractivity contribution >= 4 is 22.4 Å². The van der Waals surface area contributed by atoms with Gasteiger partial charge in [0.15, 0.2) is 0 Å². The Kier molecular flexibility index (Phi) is 6.17. The first kappa shape index (κ1) is 25.4. The number of benzene rings is 1. The SMILES string of the molecule is Cc1nc(N[C@H](C)c2cccc(C(F)F)c2F)c2cn(C3(CF)CC3)c(=O)c(N3CCC(C)(O)C3)c2n1. The number of fused-ring (bicyclic) bond motifs is 1. The smallest absolute Gasteiger partial charge is 0.276 e. The van der Waals surface area contributed by atoms with Gasteiger partial charge < -0.3 is 19.9 Å². The van der Waals surface area contributed by atoms with E-state index in [1.165, 1.54) is 22.9 Å². The number of pyridine rings is 1. The van der Waals surface area contributed by atoms with Crippen molar-refractivity contribution < 1.29 is 22.7 Å². The minimum Gasteiger partial charge on any atom is -0.388 e. The topological polar surface area (TPSA) is 83.3 Å². The Morgan fingerprint density at radius 1 is 1.19 bits per heavy atom. The van der Waals surface area contributed by atoms with E-state index >= 15 is 0 Å². The molecular weight excluding hydrogens is 490 g/mol. The number of hydrogen-bond acceptors (Lipinski definition) is 6. The summed E-state index contributed by atoms with van der Waals surface area (Å²) in [7, 11) is 0. The van der Waals surface area contributed by atoms with Gasteiger partial charge in [-0.1, -0.05) is 18.2 Å². The van der Waals surface area contributed by atoms with Crippen molar-refractivity contribution in [1.29, 1.82) is 0 Å². The van der Waals surface area contributed by atoms with Crippen molar-refractivity contribution in [2.45, 2.75) is 63.6 Å². The van der Waals surface area contributed by atoms with Gasteiger partial charge in [0.05, 0.1) is 28.1 Å². The highest BCUT2D eigenvalue weighted by molar-refractivity contribution is 5.97. The maximum absolute atomic E-state index is 14.9. The zero-order chi connectivity index (χ0) is 26.7. The zero-order valence-electron chi connectivity index (χ0n) is 20.9. The molecule has 3 heterocycles. The molecule has 0 spiro atoms. The molecule has 1 aromatic carbocycles. The van der Waals surface area contributed by atoms with E-state index in [4.69, 9.17) is 0 Å². The van der Waals surface area contributed by atoms with Gasteiger partial charge in [0.1, 0.15) is 35.3 Å². The monoisotopic (exact) mass is 519 g/mol. The Bertz CT molecular complexity index is 1420. The highest BCUT2D eigenvalue weighted by atomic mass is 19.3. The fourth-order valence-electron chi connectivity index (χ4n) is 5.11. The largest absolute Gasteiger partial charge is 0.388 e. The standard InChI is InChI=1S/C26H29F4N5O2/c1-14(16-5-4-6-17(19(16)28)22(29)30)31-23-18-11-35(26(12-27)7-8-26)24(36)21(20(18)32-15(2)33-23)34-10-9-25(3,37)13-34/h4-6,11,14,22,37H,7-10,12-13H2,1-3H3,(H,31,32,33)/t14-,25?/m1/s1. The molecule has 3 aromatic rings. The van der Waals surface area contributed by atoms with Crippen LogP contribution in [0.1, 0.15) is 62.5 Å². The number of rotatable bonds is 7. The molecule has 2 fully saturated rings. The summed E-state index contributed by atoms with van der Waals surface area (Å²) in [6.07, 6.45) is 0.0258. The quantitative estimate of drug-likeness (QED) is 0.438. The van der Waals surface area contributed by atoms with Crippen LogP contribution in [0.2, 0.25) is 0 Å². The molecule has 2 aliphatic rings. The van der Waals surface area contributed by atoms with Gasteiger partial charge in [-0.15, -0.1) is 0 Å². The van der Waals surface area contributed by atoms with Crippen molar-refractivity contribution in [2.24, 2.45) is 0 Å². The van der Waals surface area contributed by atoms with Crippen LogP contribution in [-0.2, 0) is 5.54 Å². The number of anilines is 2. The predicted octanol–water partition coefficient (Wildman–Crippen LogP) is 4.77. The molecule has 1 saturated heterocycles. The third-order valence-corrected chi connectivity index (χ3v) is 7.43. The van der Waals surface area contributed by atoms with E-state index in [1.807, 2.05) is 0 Å². The van der Waals surface area contributed by atoms with Gasteiger partial charge >= 0.3 is 0 Å². The Labute approximate surface area is 211 Å². The van der Waals surface area contributed by atoms with Gasteiger partial charge in [0, 0.05) is 24.8 Å². The van der Waals surface area contributed by atoms with Crippen molar-refractivity contribution in [1.82, 2.24) is 14.5 Å². The molecule has 11 heteroatoms. The lowest BCUT2D eigenvalue weighted by Gasteiger charge is -2.26. The van der Waals surface area contributed by atoms with Gasteiger partial charge in [-0.05, 0) is 40.0 Å². The maximum atomic E-state index is 14.9. The molecule has 2 atom stereocenters. The summed E-state index contributed by atoms with van der Waals surface area (Å²) in [6.45, 7) is 4.86. The highest BCUT2D eigenvalue weighted by Gasteiger charge is 2.47. The van der Waals surface area contributed by atoms with Crippen LogP contribution >= 0.6 is 0 Å². The molecule has 0 bridgehead atoms. The maximum Gasteiger partial charge on any atom is 0.276 e. The molecule has 1 aliphatic heterocycles. The first-order valence-electron chi connectivity index (χ1n) is 12.3. The van der Waals surface area contributed by atoms with Crippen molar-refractivity contribution in [3.05, 3.63) is 57.5 Å². The fourth-order valence-corrected chi connectivity index (χ4v) is 5.11. The Morgan fingerprint density at radius 2 is 1.89 bits per heavy atom. The van der Waals surface area contributed by atoms with E-state index < -0.39 is 47.2 Å². The van der Waals surface area contributed by atoms with Gasteiger partial charge in [0.2, 0.25) is 0 Å². The number of aliphatic hydroxyl groups is 1. The second kappa shape index (κ2) is 8.97. The van der Waals surface area contributed by atoms with E-state index in [2.05, 4.69) is 15.3 Å². The van der Waals surface area contributed by atoms with Crippen LogP contribution in [0.3, 0.4) is 0 Å². The predicted molar refractivity (Wildman–Crippen MR) is 133 cm³/mol. The summed E-state index contributed by atoms with van der Waals surface area (Å²) < 4.78 is 56.9. The summed E-state index contributed by atoms with van der Waals surface area (Å²) in [6, 6.07) is 3.07. The number of aryl methyl sites for hydroxylation is 1. The first-order valence-corrected chi connectivity index (χ1v) is 12.3. The third-order valence-electron chi connectivity index (χ3n) is 7.43. The fraction of sp³-hybridized carbons (Fsp3) is 0.500. The molecule has 7 nitrogen and oxygen atoms in total. The van der Waals surface area contributed by atoms with Crippen LogP contribution in [0.25, 0.3) is 10.9 Å². The molecule has 37 heavy (non-hydrogen) atoms. The molecule has 0 amide bonds. The summed E-state index contributed by atoms with van der Waals surface area (Å²) >= 11 is 0. The van der Waals surface area contributed by atoms with Gasteiger partial charge in [-0.25, -0.2) is 27.5 Å². The Morgan fingerprint density at radius 3 is 2.49 bits per heavy atom. The number of aromatic nitrogens is 3. The average molecular weight is 520 g/mol. The zero-order valence-corrected chi connectivity index (χ0v) is 20.9. The summed E-state index contributed by atoms with van der Waals surface area (Å²) in [5.74, 6) is -0.397. The van der Waals surface area contributed by atoms with Crippen LogP contribution in [0.15, 0.2) is 29.2 Å². The number of nitrogens with zero attached hydrogens (tertiary/aromatic N) is 4. The van der Waals surface area contributed by atoms with Crippen LogP contribution in [0.5, 0.6) is 0 Å². The van der Waals surface area contributed by atoms with Gasteiger partial charge in [0.25, 0.3) is 12.0 Å². The average Bonchev–Trinajstić information content (AvgIpc) is 3.54. The molecule has 1 aliphatic carbocycles. The molecular formula is C26H29F4N5O2. The number of halogens is 4. The Balaban J connectivity index is 1.67. The highest BCUT2D eigenvalue weighted by Crippen LogP contribution is 2.44. The van der Waals surface area contributed by atoms with Crippen molar-refractivity contribution in [3.63, 3.8) is 0 Å². The molecule has 1 saturated carbocycles. The molecule has 1 unspecified atom stereocenters. The minimum absolute atomic E-state index is 0.0359. The summed E-state index contributed by atoms with van der Waals surface area (Å²) in [5.41, 5.74) is -2.41. The molecule has 5 rings (SSSR count). The van der Waals surface area contributed by atoms with Crippen LogP contribution in [0, 0.1) is 12.7 Å². The van der Waals surface area contributed by atoms with Crippen molar-refractivity contribution in [2.75, 3.05) is 30.0 Å². The number of β-amino-alcohol motifs (C(OH)–C–C–N with tert-alkyl or cyclic N) is 1. The second-order valence-corrected chi connectivity index (χ2v) is 10.5. The number of nitrogens with one attached hydrogen (secondary N) is 1. The van der Waals surface area contributed by atoms with Crippen molar-refractivity contribution in [3.8, 4) is 0 Å². The van der Waals surface area contributed by atoms with E-state index in [0.29, 0.717) is 42.5 Å². The lowest BCUT2D eigenvalue weighted by atomic mass is 10.0. The molecule has 2 N–H and O–H groups in total. The van der Waals surface area contributed by atoms with Crippen LogP contribution < -0.4 is 15.8 Å². The van der Waals surface area contributed by atoms with Crippen LogP contribution in [0.4, 0.5) is 29.1 Å². The van der Waals surface area contributed by atoms with E-state index in [9.17, 15) is 27.5 Å². The van der Waals surface area contributed by atoms with E-state index in [1.54, 1.807) is 25.7 Å². The molecule has 0 radical (unpaired) electrons. The van der Waals surface area contributed by atoms with Crippen LogP contribution in [-0.4, -0.2) is 45.0 Å². The molecule has 2 aromatic heterocycles. The number of hydrogen-bond donors (Lipinski definition) is 2. The molecule has 198 valence electrons.